The molecule has 0 unspecified atom stereocenters. The van der Waals surface area contributed by atoms with Crippen LogP contribution in [0.4, 0.5) is 0 Å². The molecule has 0 bridgehead atoms. The van der Waals surface area contributed by atoms with Crippen LogP contribution < -0.4 is 11.1 Å². The van der Waals surface area contributed by atoms with E-state index in [1.165, 1.54) is 4.68 Å². The molecule has 0 atom stereocenters. The van der Waals surface area contributed by atoms with Crippen LogP contribution in [0.25, 0.3) is 5.69 Å². The summed E-state index contributed by atoms with van der Waals surface area (Å²) in [6, 6.07) is 5.22. The van der Waals surface area contributed by atoms with Gasteiger partial charge < -0.3 is 11.1 Å². The van der Waals surface area contributed by atoms with Crippen molar-refractivity contribution in [3.05, 3.63) is 40.1 Å². The molecule has 100 valence electrons. The highest BCUT2D eigenvalue weighted by molar-refractivity contribution is 6.43. The van der Waals surface area contributed by atoms with Crippen molar-refractivity contribution in [2.24, 2.45) is 5.73 Å². The molecular formula is C11H11Cl2N5O. The molecule has 0 spiro atoms. The molecule has 1 aromatic carbocycles. The summed E-state index contributed by atoms with van der Waals surface area (Å²) in [6.07, 6.45) is 1.66. The largest absolute Gasteiger partial charge is 0.349 e. The highest BCUT2D eigenvalue weighted by atomic mass is 35.5. The second kappa shape index (κ2) is 6.01. The topological polar surface area (TPSA) is 85.8 Å². The molecule has 0 saturated carbocycles. The van der Waals surface area contributed by atoms with Gasteiger partial charge in [-0.15, -0.1) is 5.10 Å². The SMILES string of the molecule is NCC(=O)NCc1cn(-c2cccc(Cl)c2Cl)nn1. The zero-order valence-corrected chi connectivity index (χ0v) is 11.3. The summed E-state index contributed by atoms with van der Waals surface area (Å²) >= 11 is 12.0. The summed E-state index contributed by atoms with van der Waals surface area (Å²) in [7, 11) is 0. The van der Waals surface area contributed by atoms with E-state index in [4.69, 9.17) is 28.9 Å². The number of carbonyl (C=O) groups is 1. The Kier molecular flexibility index (Phi) is 4.36. The molecular weight excluding hydrogens is 289 g/mol. The normalized spacial score (nSPS) is 10.5. The van der Waals surface area contributed by atoms with E-state index >= 15 is 0 Å². The first-order chi connectivity index (χ1) is 9.11. The molecule has 8 heteroatoms. The number of benzene rings is 1. The van der Waals surface area contributed by atoms with E-state index in [-0.39, 0.29) is 19.0 Å². The fraction of sp³-hybridized carbons (Fsp3) is 0.182. The minimum Gasteiger partial charge on any atom is -0.349 e. The smallest absolute Gasteiger partial charge is 0.234 e. The number of hydrogen-bond acceptors (Lipinski definition) is 4. The number of rotatable bonds is 4. The van der Waals surface area contributed by atoms with Crippen LogP contribution in [0.15, 0.2) is 24.4 Å². The van der Waals surface area contributed by atoms with Crippen LogP contribution in [0.1, 0.15) is 5.69 Å². The van der Waals surface area contributed by atoms with Crippen LogP contribution in [0.5, 0.6) is 0 Å². The summed E-state index contributed by atoms with van der Waals surface area (Å²) < 4.78 is 1.50. The Morgan fingerprint density at radius 3 is 2.95 bits per heavy atom. The van der Waals surface area contributed by atoms with Gasteiger partial charge in [0.15, 0.2) is 0 Å². The monoisotopic (exact) mass is 299 g/mol. The lowest BCUT2D eigenvalue weighted by molar-refractivity contribution is -0.119. The first-order valence-electron chi connectivity index (χ1n) is 5.44. The Labute approximate surface area is 119 Å². The van der Waals surface area contributed by atoms with Crippen molar-refractivity contribution in [2.75, 3.05) is 6.54 Å². The molecule has 1 aromatic heterocycles. The molecule has 6 nitrogen and oxygen atoms in total. The van der Waals surface area contributed by atoms with Crippen LogP contribution in [-0.4, -0.2) is 27.4 Å². The summed E-state index contributed by atoms with van der Waals surface area (Å²) in [4.78, 5) is 11.0. The van der Waals surface area contributed by atoms with Gasteiger partial charge in [0, 0.05) is 0 Å². The maximum atomic E-state index is 11.0. The van der Waals surface area contributed by atoms with Gasteiger partial charge in [-0.3, -0.25) is 4.79 Å². The molecule has 1 heterocycles. The highest BCUT2D eigenvalue weighted by Gasteiger charge is 2.09. The molecule has 0 aliphatic heterocycles. The Bertz CT molecular complexity index is 599. The number of halogens is 2. The number of nitrogens with zero attached hydrogens (tertiary/aromatic N) is 3. The maximum Gasteiger partial charge on any atom is 0.234 e. The number of carbonyl (C=O) groups excluding carboxylic acids is 1. The second-order valence-corrected chi connectivity index (χ2v) is 4.49. The van der Waals surface area contributed by atoms with Crippen LogP contribution in [0, 0.1) is 0 Å². The van der Waals surface area contributed by atoms with Crippen molar-refractivity contribution in [1.29, 1.82) is 0 Å². The summed E-state index contributed by atoms with van der Waals surface area (Å²) in [5.41, 5.74) is 6.40. The highest BCUT2D eigenvalue weighted by Crippen LogP contribution is 2.27. The van der Waals surface area contributed by atoms with E-state index in [0.717, 1.165) is 0 Å². The number of nitrogens with one attached hydrogen (secondary N) is 1. The molecule has 2 aromatic rings. The molecule has 1 amide bonds. The van der Waals surface area contributed by atoms with Gasteiger partial charge in [-0.05, 0) is 12.1 Å². The molecule has 0 radical (unpaired) electrons. The summed E-state index contributed by atoms with van der Waals surface area (Å²) in [6.45, 7) is 0.197. The second-order valence-electron chi connectivity index (χ2n) is 3.71. The average Bonchev–Trinajstić information content (AvgIpc) is 2.87. The molecule has 2 rings (SSSR count). The predicted octanol–water partition coefficient (Wildman–Crippen LogP) is 1.15. The Balaban J connectivity index is 2.17. The first kappa shape index (κ1) is 13.8. The molecule has 0 aliphatic rings. The first-order valence-corrected chi connectivity index (χ1v) is 6.20. The minimum absolute atomic E-state index is 0.0613. The third kappa shape index (κ3) is 3.23. The zero-order valence-electron chi connectivity index (χ0n) is 9.81. The van der Waals surface area contributed by atoms with E-state index < -0.39 is 0 Å². The molecule has 3 N–H and O–H groups in total. The van der Waals surface area contributed by atoms with E-state index in [1.807, 2.05) is 0 Å². The van der Waals surface area contributed by atoms with Gasteiger partial charge in [-0.1, -0.05) is 34.5 Å². The lowest BCUT2D eigenvalue weighted by Crippen LogP contribution is -2.29. The average molecular weight is 300 g/mol. The Hall–Kier alpha value is -1.63. The van der Waals surface area contributed by atoms with Gasteiger partial charge in [0.25, 0.3) is 0 Å². The fourth-order valence-electron chi connectivity index (χ4n) is 1.43. The van der Waals surface area contributed by atoms with Crippen molar-refractivity contribution < 1.29 is 4.79 Å². The summed E-state index contributed by atoms with van der Waals surface area (Å²) in [5.74, 6) is -0.254. The van der Waals surface area contributed by atoms with Crippen molar-refractivity contribution in [2.45, 2.75) is 6.54 Å². The van der Waals surface area contributed by atoms with E-state index in [0.29, 0.717) is 21.4 Å². The number of hydrogen-bond donors (Lipinski definition) is 2. The van der Waals surface area contributed by atoms with Gasteiger partial charge in [0.05, 0.1) is 35.0 Å². The predicted molar refractivity (Wildman–Crippen MR) is 72.3 cm³/mol. The number of aromatic nitrogens is 3. The third-order valence-corrected chi connectivity index (χ3v) is 3.18. The maximum absolute atomic E-state index is 11.0. The van der Waals surface area contributed by atoms with Crippen molar-refractivity contribution >= 4 is 29.1 Å². The van der Waals surface area contributed by atoms with Crippen LogP contribution in [0.2, 0.25) is 10.0 Å². The van der Waals surface area contributed by atoms with Gasteiger partial charge in [0.2, 0.25) is 5.91 Å². The Morgan fingerprint density at radius 2 is 2.21 bits per heavy atom. The van der Waals surface area contributed by atoms with Gasteiger partial charge in [-0.2, -0.15) is 0 Å². The van der Waals surface area contributed by atoms with Crippen molar-refractivity contribution in [3.8, 4) is 5.69 Å². The number of nitrogens with two attached hydrogens (primary N) is 1. The van der Waals surface area contributed by atoms with Crippen LogP contribution >= 0.6 is 23.2 Å². The van der Waals surface area contributed by atoms with Gasteiger partial charge in [0.1, 0.15) is 5.69 Å². The van der Waals surface area contributed by atoms with E-state index in [2.05, 4.69) is 15.6 Å². The standard InChI is InChI=1S/C11H11Cl2N5O/c12-8-2-1-3-9(11(8)13)18-6-7(16-17-18)5-15-10(19)4-14/h1-3,6H,4-5,14H2,(H,15,19). The van der Waals surface area contributed by atoms with Gasteiger partial charge in [-0.25, -0.2) is 4.68 Å². The molecule has 0 saturated heterocycles. The lowest BCUT2D eigenvalue weighted by Gasteiger charge is -2.04. The van der Waals surface area contributed by atoms with Crippen LogP contribution in [-0.2, 0) is 11.3 Å². The molecule has 0 fully saturated rings. The third-order valence-electron chi connectivity index (χ3n) is 2.37. The van der Waals surface area contributed by atoms with E-state index in [1.54, 1.807) is 24.4 Å². The minimum atomic E-state index is -0.254. The molecule has 19 heavy (non-hydrogen) atoms. The molecule has 0 aliphatic carbocycles. The Morgan fingerprint density at radius 1 is 1.42 bits per heavy atom. The van der Waals surface area contributed by atoms with Crippen molar-refractivity contribution in [3.63, 3.8) is 0 Å². The summed E-state index contributed by atoms with van der Waals surface area (Å²) in [5, 5.41) is 11.3. The number of amides is 1. The fourth-order valence-corrected chi connectivity index (χ4v) is 1.81. The van der Waals surface area contributed by atoms with Crippen LogP contribution in [0.3, 0.4) is 0 Å². The zero-order chi connectivity index (χ0) is 13.8. The quantitative estimate of drug-likeness (QED) is 0.887. The van der Waals surface area contributed by atoms with Crippen molar-refractivity contribution in [1.82, 2.24) is 20.3 Å². The van der Waals surface area contributed by atoms with Gasteiger partial charge >= 0.3 is 0 Å². The lowest BCUT2D eigenvalue weighted by atomic mass is 10.3. The van der Waals surface area contributed by atoms with E-state index in [9.17, 15) is 4.79 Å².